The number of pyridine rings is 1. The lowest BCUT2D eigenvalue weighted by molar-refractivity contribution is 0.290. The molecule has 3 aromatic rings. The SMILES string of the molecule is CCNC(=NCc1cccnc1OCc1ccccc1)NC1CCN(c2cccs2)CC1. The molecule has 0 radical (unpaired) electrons. The van der Waals surface area contributed by atoms with E-state index in [4.69, 9.17) is 9.73 Å². The summed E-state index contributed by atoms with van der Waals surface area (Å²) < 4.78 is 5.99. The van der Waals surface area contributed by atoms with Crippen LogP contribution in [0.5, 0.6) is 5.88 Å². The molecule has 0 bridgehead atoms. The lowest BCUT2D eigenvalue weighted by Crippen LogP contribution is -2.48. The molecule has 0 saturated carbocycles. The number of guanidine groups is 1. The van der Waals surface area contributed by atoms with Gasteiger partial charge in [-0.3, -0.25) is 0 Å². The predicted molar refractivity (Wildman–Crippen MR) is 133 cm³/mol. The minimum atomic E-state index is 0.423. The molecule has 0 amide bonds. The number of anilines is 1. The van der Waals surface area contributed by atoms with E-state index in [0.29, 0.717) is 25.1 Å². The number of piperidine rings is 1. The lowest BCUT2D eigenvalue weighted by Gasteiger charge is -2.33. The fraction of sp³-hybridized carbons (Fsp3) is 0.360. The molecule has 0 spiro atoms. The molecular weight excluding hydrogens is 418 g/mol. The Hall–Kier alpha value is -3.06. The third kappa shape index (κ3) is 6.23. The largest absolute Gasteiger partial charge is 0.473 e. The Morgan fingerprint density at radius 3 is 2.72 bits per heavy atom. The molecule has 1 fully saturated rings. The van der Waals surface area contributed by atoms with Crippen LogP contribution >= 0.6 is 11.3 Å². The molecule has 1 saturated heterocycles. The van der Waals surface area contributed by atoms with Gasteiger partial charge in [-0.2, -0.15) is 0 Å². The van der Waals surface area contributed by atoms with E-state index in [1.54, 1.807) is 6.20 Å². The van der Waals surface area contributed by atoms with Gasteiger partial charge in [-0.1, -0.05) is 36.4 Å². The number of hydrogen-bond acceptors (Lipinski definition) is 5. The number of nitrogens with zero attached hydrogens (tertiary/aromatic N) is 3. The Balaban J connectivity index is 1.34. The van der Waals surface area contributed by atoms with Gasteiger partial charge in [0.2, 0.25) is 5.88 Å². The molecule has 2 aromatic heterocycles. The quantitative estimate of drug-likeness (QED) is 0.393. The molecular formula is C25H31N5OS. The predicted octanol–water partition coefficient (Wildman–Crippen LogP) is 4.45. The van der Waals surface area contributed by atoms with Crippen molar-refractivity contribution < 1.29 is 4.74 Å². The zero-order valence-electron chi connectivity index (χ0n) is 18.5. The molecule has 2 N–H and O–H groups in total. The summed E-state index contributed by atoms with van der Waals surface area (Å²) in [6.07, 6.45) is 3.96. The Morgan fingerprint density at radius 2 is 1.97 bits per heavy atom. The molecule has 4 rings (SSSR count). The summed E-state index contributed by atoms with van der Waals surface area (Å²) in [7, 11) is 0. The van der Waals surface area contributed by atoms with Crippen molar-refractivity contribution in [3.63, 3.8) is 0 Å². The van der Waals surface area contributed by atoms with Gasteiger partial charge in [-0.05, 0) is 48.9 Å². The van der Waals surface area contributed by atoms with Gasteiger partial charge in [0.05, 0.1) is 11.5 Å². The minimum Gasteiger partial charge on any atom is -0.473 e. The molecule has 168 valence electrons. The van der Waals surface area contributed by atoms with Crippen LogP contribution < -0.4 is 20.3 Å². The summed E-state index contributed by atoms with van der Waals surface area (Å²) in [5, 5.41) is 10.5. The van der Waals surface area contributed by atoms with Crippen molar-refractivity contribution in [3.05, 3.63) is 77.3 Å². The normalized spacial score (nSPS) is 14.9. The highest BCUT2D eigenvalue weighted by Gasteiger charge is 2.20. The van der Waals surface area contributed by atoms with E-state index in [-0.39, 0.29) is 0 Å². The molecule has 3 heterocycles. The highest BCUT2D eigenvalue weighted by atomic mass is 32.1. The van der Waals surface area contributed by atoms with Crippen LogP contribution in [0, 0.1) is 0 Å². The van der Waals surface area contributed by atoms with Crippen LogP contribution in [0.2, 0.25) is 0 Å². The molecule has 7 heteroatoms. The van der Waals surface area contributed by atoms with Crippen molar-refractivity contribution in [1.29, 1.82) is 0 Å². The average molecular weight is 450 g/mol. The first-order valence-corrected chi connectivity index (χ1v) is 12.1. The van der Waals surface area contributed by atoms with Gasteiger partial charge >= 0.3 is 0 Å². The van der Waals surface area contributed by atoms with Gasteiger partial charge in [0.25, 0.3) is 0 Å². The molecule has 0 unspecified atom stereocenters. The number of thiophene rings is 1. The summed E-state index contributed by atoms with van der Waals surface area (Å²) in [6.45, 7) is 6.06. The third-order valence-electron chi connectivity index (χ3n) is 5.47. The standard InChI is InChI=1S/C25H31N5OS/c1-2-26-25(29-22-12-15-30(16-13-22)23-11-7-17-32-23)28-18-21-10-6-14-27-24(21)31-19-20-8-4-3-5-9-20/h3-11,14,17,22H,2,12-13,15-16,18-19H2,1H3,(H2,26,28,29). The van der Waals surface area contributed by atoms with Crippen LogP contribution in [0.3, 0.4) is 0 Å². The van der Waals surface area contributed by atoms with Gasteiger partial charge in [0.1, 0.15) is 6.61 Å². The van der Waals surface area contributed by atoms with Crippen molar-refractivity contribution in [2.75, 3.05) is 24.5 Å². The molecule has 1 aliphatic rings. The fourth-order valence-electron chi connectivity index (χ4n) is 3.77. The van der Waals surface area contributed by atoms with E-state index in [2.05, 4.69) is 57.1 Å². The minimum absolute atomic E-state index is 0.423. The van der Waals surface area contributed by atoms with Gasteiger partial charge in [0, 0.05) is 37.4 Å². The first kappa shape index (κ1) is 22.1. The summed E-state index contributed by atoms with van der Waals surface area (Å²) >= 11 is 1.81. The van der Waals surface area contributed by atoms with Crippen molar-refractivity contribution in [1.82, 2.24) is 15.6 Å². The first-order valence-electron chi connectivity index (χ1n) is 11.3. The van der Waals surface area contributed by atoms with Crippen LogP contribution in [-0.2, 0) is 13.2 Å². The summed E-state index contributed by atoms with van der Waals surface area (Å²) in [4.78, 5) is 11.7. The van der Waals surface area contributed by atoms with Crippen LogP contribution in [0.1, 0.15) is 30.9 Å². The second kappa shape index (κ2) is 11.5. The number of hydrogen-bond donors (Lipinski definition) is 2. The maximum atomic E-state index is 5.99. The van der Waals surface area contributed by atoms with E-state index in [1.165, 1.54) is 5.00 Å². The van der Waals surface area contributed by atoms with E-state index in [9.17, 15) is 0 Å². The highest BCUT2D eigenvalue weighted by molar-refractivity contribution is 7.14. The highest BCUT2D eigenvalue weighted by Crippen LogP contribution is 2.25. The maximum Gasteiger partial charge on any atom is 0.218 e. The van der Waals surface area contributed by atoms with Gasteiger partial charge in [-0.25, -0.2) is 9.98 Å². The Kier molecular flexibility index (Phi) is 7.98. The number of rotatable bonds is 8. The molecule has 0 aliphatic carbocycles. The van der Waals surface area contributed by atoms with Crippen LogP contribution in [0.4, 0.5) is 5.00 Å². The number of ether oxygens (including phenoxy) is 1. The van der Waals surface area contributed by atoms with Gasteiger partial charge in [0.15, 0.2) is 5.96 Å². The van der Waals surface area contributed by atoms with Crippen molar-refractivity contribution in [3.8, 4) is 5.88 Å². The summed E-state index contributed by atoms with van der Waals surface area (Å²) in [6, 6.07) is 18.9. The number of aromatic nitrogens is 1. The van der Waals surface area contributed by atoms with Crippen molar-refractivity contribution in [2.45, 2.75) is 39.0 Å². The molecule has 6 nitrogen and oxygen atoms in total. The smallest absolute Gasteiger partial charge is 0.218 e. The Morgan fingerprint density at radius 1 is 1.12 bits per heavy atom. The maximum absolute atomic E-state index is 5.99. The lowest BCUT2D eigenvalue weighted by atomic mass is 10.1. The Bertz CT molecular complexity index is 969. The van der Waals surface area contributed by atoms with E-state index < -0.39 is 0 Å². The zero-order valence-corrected chi connectivity index (χ0v) is 19.4. The number of nitrogens with one attached hydrogen (secondary N) is 2. The first-order chi connectivity index (χ1) is 15.8. The van der Waals surface area contributed by atoms with Crippen LogP contribution in [0.15, 0.2) is 71.2 Å². The Labute approximate surface area is 194 Å². The zero-order chi connectivity index (χ0) is 22.0. The van der Waals surface area contributed by atoms with Gasteiger partial charge < -0.3 is 20.3 Å². The molecule has 0 atom stereocenters. The molecule has 1 aromatic carbocycles. The molecule has 1 aliphatic heterocycles. The van der Waals surface area contributed by atoms with Crippen molar-refractivity contribution >= 4 is 22.3 Å². The van der Waals surface area contributed by atoms with Crippen LogP contribution in [0.25, 0.3) is 0 Å². The second-order valence-corrected chi connectivity index (χ2v) is 8.72. The van der Waals surface area contributed by atoms with Crippen LogP contribution in [-0.4, -0.2) is 36.6 Å². The van der Waals surface area contributed by atoms with E-state index in [1.807, 2.05) is 41.7 Å². The average Bonchev–Trinajstić information content (AvgIpc) is 3.38. The van der Waals surface area contributed by atoms with Crippen molar-refractivity contribution in [2.24, 2.45) is 4.99 Å². The monoisotopic (exact) mass is 449 g/mol. The molecule has 32 heavy (non-hydrogen) atoms. The number of aliphatic imine (C=N–C) groups is 1. The third-order valence-corrected chi connectivity index (χ3v) is 6.40. The second-order valence-electron chi connectivity index (χ2n) is 7.79. The number of benzene rings is 1. The summed E-state index contributed by atoms with van der Waals surface area (Å²) in [5.74, 6) is 1.49. The van der Waals surface area contributed by atoms with E-state index in [0.717, 1.165) is 49.6 Å². The topological polar surface area (TPSA) is 61.8 Å². The van der Waals surface area contributed by atoms with E-state index >= 15 is 0 Å². The van der Waals surface area contributed by atoms with Gasteiger partial charge in [-0.15, -0.1) is 11.3 Å². The summed E-state index contributed by atoms with van der Waals surface area (Å²) in [5.41, 5.74) is 2.10. The fourth-order valence-corrected chi connectivity index (χ4v) is 4.56.